The molecular formula is C54H40N2. The topological polar surface area (TPSA) is 9.86 Å². The molecule has 2 aromatic heterocycles. The van der Waals surface area contributed by atoms with E-state index in [0.717, 1.165) is 0 Å². The van der Waals surface area contributed by atoms with Gasteiger partial charge in [-0.15, -0.1) is 0 Å². The zero-order valence-corrected chi connectivity index (χ0v) is 31.3. The third-order valence-electron chi connectivity index (χ3n) is 12.9. The van der Waals surface area contributed by atoms with Crippen molar-refractivity contribution in [1.29, 1.82) is 0 Å². The van der Waals surface area contributed by atoms with Crippen molar-refractivity contribution in [2.45, 2.75) is 38.0 Å². The lowest BCUT2D eigenvalue weighted by atomic mass is 9.84. The summed E-state index contributed by atoms with van der Waals surface area (Å²) in [6.45, 7) is 0. The monoisotopic (exact) mass is 716 g/mol. The van der Waals surface area contributed by atoms with Gasteiger partial charge >= 0.3 is 0 Å². The maximum absolute atomic E-state index is 2.48. The summed E-state index contributed by atoms with van der Waals surface area (Å²) in [6, 6.07) is 65.9. The van der Waals surface area contributed by atoms with Crippen LogP contribution in [0.2, 0.25) is 0 Å². The summed E-state index contributed by atoms with van der Waals surface area (Å²) in [4.78, 5) is 0. The van der Waals surface area contributed by atoms with E-state index in [0.29, 0.717) is 5.92 Å². The fraction of sp³-hybridized carbons (Fsp3) is 0.111. The summed E-state index contributed by atoms with van der Waals surface area (Å²) >= 11 is 0. The average molecular weight is 717 g/mol. The van der Waals surface area contributed by atoms with Gasteiger partial charge in [0.2, 0.25) is 0 Å². The Morgan fingerprint density at radius 2 is 0.750 bits per heavy atom. The van der Waals surface area contributed by atoms with Gasteiger partial charge in [-0.25, -0.2) is 0 Å². The average Bonchev–Trinajstić information content (AvgIpc) is 3.80. The van der Waals surface area contributed by atoms with E-state index in [1.165, 1.54) is 136 Å². The molecule has 2 nitrogen and oxygen atoms in total. The van der Waals surface area contributed by atoms with Gasteiger partial charge in [-0.2, -0.15) is 0 Å². The summed E-state index contributed by atoms with van der Waals surface area (Å²) < 4.78 is 4.96. The SMILES string of the molecule is c1ccc2c(c1)c1ccccc1c1cc(-n3c4ccccc4c4c(-c5cccc6c5c5ccccc5n6-c5ccc(C6CCCCC6)cc5)cccc43)ccc21. The normalized spacial score (nSPS) is 14.0. The quantitative estimate of drug-likeness (QED) is 0.161. The van der Waals surface area contributed by atoms with Crippen LogP contribution in [0, 0.1) is 0 Å². The lowest BCUT2D eigenvalue weighted by Crippen LogP contribution is -2.04. The number of hydrogen-bond donors (Lipinski definition) is 0. The van der Waals surface area contributed by atoms with E-state index in [4.69, 9.17) is 0 Å². The summed E-state index contributed by atoms with van der Waals surface area (Å²) in [7, 11) is 0. The molecule has 266 valence electrons. The second-order valence-corrected chi connectivity index (χ2v) is 15.9. The van der Waals surface area contributed by atoms with Gasteiger partial charge in [0, 0.05) is 32.9 Å². The van der Waals surface area contributed by atoms with E-state index >= 15 is 0 Å². The molecule has 1 saturated carbocycles. The molecule has 0 radical (unpaired) electrons. The van der Waals surface area contributed by atoms with Gasteiger partial charge < -0.3 is 9.13 Å². The molecule has 11 aromatic rings. The Bertz CT molecular complexity index is 3300. The van der Waals surface area contributed by atoms with E-state index < -0.39 is 0 Å². The Labute approximate surface area is 325 Å². The molecule has 56 heavy (non-hydrogen) atoms. The zero-order chi connectivity index (χ0) is 36.7. The summed E-state index contributed by atoms with van der Waals surface area (Å²) in [6.07, 6.45) is 6.71. The minimum atomic E-state index is 0.694. The van der Waals surface area contributed by atoms with Crippen LogP contribution < -0.4 is 0 Å². The minimum absolute atomic E-state index is 0.694. The fourth-order valence-corrected chi connectivity index (χ4v) is 10.4. The van der Waals surface area contributed by atoms with Crippen LogP contribution in [-0.2, 0) is 0 Å². The van der Waals surface area contributed by atoms with Gasteiger partial charge in [0.25, 0.3) is 0 Å². The van der Waals surface area contributed by atoms with Gasteiger partial charge in [-0.05, 0) is 116 Å². The number of nitrogens with zero attached hydrogens (tertiary/aromatic N) is 2. The maximum atomic E-state index is 2.48. The van der Waals surface area contributed by atoms with E-state index in [-0.39, 0.29) is 0 Å². The van der Waals surface area contributed by atoms with Crippen molar-refractivity contribution in [3.63, 3.8) is 0 Å². The highest BCUT2D eigenvalue weighted by Gasteiger charge is 2.22. The van der Waals surface area contributed by atoms with E-state index in [2.05, 4.69) is 185 Å². The molecule has 1 aliphatic carbocycles. The third kappa shape index (κ3) is 4.62. The van der Waals surface area contributed by atoms with E-state index in [9.17, 15) is 0 Å². The highest BCUT2D eigenvalue weighted by molar-refractivity contribution is 6.26. The van der Waals surface area contributed by atoms with Crippen molar-refractivity contribution >= 4 is 75.9 Å². The summed E-state index contributed by atoms with van der Waals surface area (Å²) in [5.41, 5.74) is 11.3. The Kier molecular flexibility index (Phi) is 7.04. The molecular weight excluding hydrogens is 677 g/mol. The van der Waals surface area contributed by atoms with E-state index in [1.807, 2.05) is 0 Å². The first-order valence-corrected chi connectivity index (χ1v) is 20.3. The number of aromatic nitrogens is 2. The van der Waals surface area contributed by atoms with Gasteiger partial charge in [-0.3, -0.25) is 0 Å². The molecule has 2 heteroatoms. The first-order valence-electron chi connectivity index (χ1n) is 20.3. The van der Waals surface area contributed by atoms with Crippen LogP contribution in [0.15, 0.2) is 176 Å². The lowest BCUT2D eigenvalue weighted by Gasteiger charge is -2.22. The van der Waals surface area contributed by atoms with Crippen LogP contribution in [0.4, 0.5) is 0 Å². The lowest BCUT2D eigenvalue weighted by molar-refractivity contribution is 0.443. The second-order valence-electron chi connectivity index (χ2n) is 15.9. The van der Waals surface area contributed by atoms with Crippen LogP contribution in [-0.4, -0.2) is 9.13 Å². The van der Waals surface area contributed by atoms with Crippen LogP contribution in [0.3, 0.4) is 0 Å². The Morgan fingerprint density at radius 1 is 0.321 bits per heavy atom. The van der Waals surface area contributed by atoms with Crippen LogP contribution in [0.25, 0.3) is 98.4 Å². The number of fused-ring (bicyclic) bond motifs is 12. The molecule has 0 atom stereocenters. The number of para-hydroxylation sites is 2. The smallest absolute Gasteiger partial charge is 0.0547 e. The van der Waals surface area contributed by atoms with Crippen molar-refractivity contribution in [1.82, 2.24) is 9.13 Å². The Hall–Kier alpha value is -6.64. The standard InChI is InChI=1S/C54H40N2/c1-2-14-35(15-3-1)36-28-30-37(31-29-36)55-49-24-10-8-20-46(49)53-44(22-12-26-51(53)55)45-23-13-27-52-54(45)47-21-9-11-25-50(47)56(52)38-32-33-43-41-18-5-4-16-39(41)40-17-6-7-19-42(40)48(43)34-38/h4-13,16-35H,1-3,14-15H2. The van der Waals surface area contributed by atoms with Gasteiger partial charge in [0.1, 0.15) is 0 Å². The van der Waals surface area contributed by atoms with Crippen molar-refractivity contribution in [3.8, 4) is 22.5 Å². The van der Waals surface area contributed by atoms with Gasteiger partial charge in [0.05, 0.1) is 22.1 Å². The first-order chi connectivity index (χ1) is 27.8. The summed E-state index contributed by atoms with van der Waals surface area (Å²) in [5.74, 6) is 0.694. The molecule has 0 amide bonds. The molecule has 9 aromatic carbocycles. The molecule has 0 unspecified atom stereocenters. The molecule has 0 saturated heterocycles. The molecule has 1 aliphatic rings. The number of rotatable bonds is 4. The Morgan fingerprint density at radius 3 is 1.30 bits per heavy atom. The molecule has 12 rings (SSSR count). The van der Waals surface area contributed by atoms with Crippen molar-refractivity contribution in [3.05, 3.63) is 181 Å². The van der Waals surface area contributed by atoms with Gasteiger partial charge in [0.15, 0.2) is 0 Å². The molecule has 0 bridgehead atoms. The predicted octanol–water partition coefficient (Wildman–Crippen LogP) is 15.1. The van der Waals surface area contributed by atoms with Crippen LogP contribution in [0.1, 0.15) is 43.6 Å². The largest absolute Gasteiger partial charge is 0.309 e. The first kappa shape index (κ1) is 31.7. The molecule has 0 N–H and O–H groups in total. The second kappa shape index (κ2) is 12.4. The molecule has 0 aliphatic heterocycles. The maximum Gasteiger partial charge on any atom is 0.0547 e. The number of benzene rings is 9. The highest BCUT2D eigenvalue weighted by Crippen LogP contribution is 2.45. The summed E-state index contributed by atoms with van der Waals surface area (Å²) in [5, 5.41) is 12.9. The van der Waals surface area contributed by atoms with Gasteiger partial charge in [-0.1, -0.05) is 147 Å². The highest BCUT2D eigenvalue weighted by atomic mass is 15.0. The number of hydrogen-bond acceptors (Lipinski definition) is 0. The fourth-order valence-electron chi connectivity index (χ4n) is 10.4. The minimum Gasteiger partial charge on any atom is -0.309 e. The van der Waals surface area contributed by atoms with Crippen LogP contribution in [0.5, 0.6) is 0 Å². The molecule has 0 spiro atoms. The Balaban J connectivity index is 1.09. The van der Waals surface area contributed by atoms with Crippen molar-refractivity contribution in [2.75, 3.05) is 0 Å². The van der Waals surface area contributed by atoms with Crippen molar-refractivity contribution < 1.29 is 0 Å². The third-order valence-corrected chi connectivity index (χ3v) is 12.9. The van der Waals surface area contributed by atoms with Crippen LogP contribution >= 0.6 is 0 Å². The molecule has 1 fully saturated rings. The predicted molar refractivity (Wildman–Crippen MR) is 239 cm³/mol. The van der Waals surface area contributed by atoms with Crippen molar-refractivity contribution in [2.24, 2.45) is 0 Å². The zero-order valence-electron chi connectivity index (χ0n) is 31.3. The van der Waals surface area contributed by atoms with E-state index in [1.54, 1.807) is 0 Å². The molecule has 2 heterocycles.